The summed E-state index contributed by atoms with van der Waals surface area (Å²) in [6, 6.07) is 0. The van der Waals surface area contributed by atoms with Gasteiger partial charge in [-0.3, -0.25) is 0 Å². The maximum absolute atomic E-state index is 4.59. The van der Waals surface area contributed by atoms with E-state index < -0.39 is 0 Å². The second-order valence-corrected chi connectivity index (χ2v) is 5.32. The molecule has 0 spiro atoms. The van der Waals surface area contributed by atoms with Crippen LogP contribution in [0.2, 0.25) is 0 Å². The Bertz CT molecular complexity index is 568. The molecule has 0 bridgehead atoms. The summed E-state index contributed by atoms with van der Waals surface area (Å²) in [5.41, 5.74) is 2.07. The molecule has 0 aliphatic rings. The number of nitrogens with zero attached hydrogens (tertiary/aromatic N) is 4. The molecular weight excluding hydrogens is 353 g/mol. The van der Waals surface area contributed by atoms with E-state index in [0.717, 1.165) is 33.5 Å². The summed E-state index contributed by atoms with van der Waals surface area (Å²) >= 11 is 2.28. The topological polar surface area (TPSA) is 63.6 Å². The van der Waals surface area contributed by atoms with Crippen LogP contribution in [0.4, 0.5) is 5.82 Å². The van der Waals surface area contributed by atoms with Gasteiger partial charge in [-0.1, -0.05) is 13.3 Å². The molecule has 2 rings (SSSR count). The highest BCUT2D eigenvalue weighted by molar-refractivity contribution is 14.1. The van der Waals surface area contributed by atoms with E-state index in [4.69, 9.17) is 0 Å². The van der Waals surface area contributed by atoms with Gasteiger partial charge in [0.1, 0.15) is 5.82 Å². The van der Waals surface area contributed by atoms with E-state index in [1.165, 1.54) is 0 Å². The van der Waals surface area contributed by atoms with Gasteiger partial charge in [0.2, 0.25) is 0 Å². The summed E-state index contributed by atoms with van der Waals surface area (Å²) in [5, 5.41) is 3.10. The SMILES string of the molecule is CCCc1nc(-c2ncc(C)cn2)nc(NC)c1I. The standard InChI is InChI=1S/C13H16IN5/c1-4-5-9-10(14)11(15-3)19-13(18-9)12-16-6-8(2)7-17-12/h6-7H,4-5H2,1-3H3,(H,15,18,19). The number of hydrogen-bond donors (Lipinski definition) is 1. The molecule has 0 amide bonds. The lowest BCUT2D eigenvalue weighted by Crippen LogP contribution is -2.06. The Balaban J connectivity index is 2.51. The van der Waals surface area contributed by atoms with Crippen LogP contribution in [0.3, 0.4) is 0 Å². The molecule has 0 radical (unpaired) electrons. The smallest absolute Gasteiger partial charge is 0.200 e. The highest BCUT2D eigenvalue weighted by Crippen LogP contribution is 2.23. The van der Waals surface area contributed by atoms with Crippen molar-refractivity contribution in [3.8, 4) is 11.6 Å². The van der Waals surface area contributed by atoms with Crippen molar-refractivity contribution in [1.29, 1.82) is 0 Å². The van der Waals surface area contributed by atoms with Crippen LogP contribution in [0.5, 0.6) is 0 Å². The highest BCUT2D eigenvalue weighted by Gasteiger charge is 2.13. The van der Waals surface area contributed by atoms with E-state index in [1.54, 1.807) is 12.4 Å². The van der Waals surface area contributed by atoms with Gasteiger partial charge in [-0.05, 0) is 41.5 Å². The fourth-order valence-electron chi connectivity index (χ4n) is 1.67. The van der Waals surface area contributed by atoms with Crippen LogP contribution in [-0.4, -0.2) is 27.0 Å². The summed E-state index contributed by atoms with van der Waals surface area (Å²) < 4.78 is 1.07. The lowest BCUT2D eigenvalue weighted by molar-refractivity contribution is 0.864. The van der Waals surface area contributed by atoms with Crippen molar-refractivity contribution in [2.45, 2.75) is 26.7 Å². The van der Waals surface area contributed by atoms with Crippen LogP contribution in [0.1, 0.15) is 24.6 Å². The number of anilines is 1. The van der Waals surface area contributed by atoms with E-state index in [1.807, 2.05) is 14.0 Å². The molecule has 100 valence electrons. The van der Waals surface area contributed by atoms with Crippen molar-refractivity contribution in [3.05, 3.63) is 27.2 Å². The fourth-order valence-corrected chi connectivity index (χ4v) is 2.45. The van der Waals surface area contributed by atoms with Gasteiger partial charge in [0.15, 0.2) is 11.6 Å². The van der Waals surface area contributed by atoms with E-state index in [9.17, 15) is 0 Å². The Labute approximate surface area is 126 Å². The average Bonchev–Trinajstić information content (AvgIpc) is 2.42. The first-order valence-corrected chi connectivity index (χ1v) is 7.26. The Morgan fingerprint density at radius 2 is 1.84 bits per heavy atom. The molecule has 0 atom stereocenters. The van der Waals surface area contributed by atoms with Gasteiger partial charge in [-0.15, -0.1) is 0 Å². The van der Waals surface area contributed by atoms with Crippen molar-refractivity contribution >= 4 is 28.4 Å². The Morgan fingerprint density at radius 1 is 1.16 bits per heavy atom. The quantitative estimate of drug-likeness (QED) is 0.840. The van der Waals surface area contributed by atoms with Gasteiger partial charge in [-0.25, -0.2) is 19.9 Å². The van der Waals surface area contributed by atoms with Crippen molar-refractivity contribution in [2.24, 2.45) is 0 Å². The minimum absolute atomic E-state index is 0.566. The largest absolute Gasteiger partial charge is 0.372 e. The molecule has 2 aromatic rings. The van der Waals surface area contributed by atoms with Crippen LogP contribution in [0.15, 0.2) is 12.4 Å². The molecular formula is C13H16IN5. The maximum atomic E-state index is 4.59. The number of aryl methyl sites for hydroxylation is 2. The lowest BCUT2D eigenvalue weighted by atomic mass is 10.2. The Hall–Kier alpha value is -1.31. The summed E-state index contributed by atoms with van der Waals surface area (Å²) in [4.78, 5) is 17.6. The first kappa shape index (κ1) is 14.1. The second-order valence-electron chi connectivity index (χ2n) is 4.24. The van der Waals surface area contributed by atoms with Crippen molar-refractivity contribution in [3.63, 3.8) is 0 Å². The van der Waals surface area contributed by atoms with Gasteiger partial charge in [-0.2, -0.15) is 0 Å². The normalized spacial score (nSPS) is 10.5. The molecule has 5 nitrogen and oxygen atoms in total. The predicted molar refractivity (Wildman–Crippen MR) is 84.1 cm³/mol. The zero-order valence-electron chi connectivity index (χ0n) is 11.2. The van der Waals surface area contributed by atoms with Crippen molar-refractivity contribution < 1.29 is 0 Å². The summed E-state index contributed by atoms with van der Waals surface area (Å²) in [5.74, 6) is 1.97. The summed E-state index contributed by atoms with van der Waals surface area (Å²) in [6.07, 6.45) is 5.53. The number of aromatic nitrogens is 4. The molecule has 0 saturated heterocycles. The van der Waals surface area contributed by atoms with E-state index >= 15 is 0 Å². The highest BCUT2D eigenvalue weighted by atomic mass is 127. The number of nitrogens with one attached hydrogen (secondary N) is 1. The molecule has 6 heteroatoms. The first-order valence-electron chi connectivity index (χ1n) is 6.19. The third kappa shape index (κ3) is 3.17. The van der Waals surface area contributed by atoms with Crippen LogP contribution in [0, 0.1) is 10.5 Å². The summed E-state index contributed by atoms with van der Waals surface area (Å²) in [7, 11) is 1.86. The molecule has 0 fully saturated rings. The second kappa shape index (κ2) is 6.23. The average molecular weight is 369 g/mol. The minimum Gasteiger partial charge on any atom is -0.372 e. The molecule has 0 aromatic carbocycles. The number of hydrogen-bond acceptors (Lipinski definition) is 5. The molecule has 1 N–H and O–H groups in total. The third-order valence-corrected chi connectivity index (χ3v) is 3.76. The Morgan fingerprint density at radius 3 is 2.42 bits per heavy atom. The van der Waals surface area contributed by atoms with Crippen LogP contribution < -0.4 is 5.32 Å². The van der Waals surface area contributed by atoms with Crippen molar-refractivity contribution in [2.75, 3.05) is 12.4 Å². The van der Waals surface area contributed by atoms with Crippen LogP contribution >= 0.6 is 22.6 Å². The number of halogens is 1. The van der Waals surface area contributed by atoms with Crippen molar-refractivity contribution in [1.82, 2.24) is 19.9 Å². The molecule has 2 aromatic heterocycles. The third-order valence-electron chi connectivity index (χ3n) is 2.62. The molecule has 0 aliphatic carbocycles. The molecule has 2 heterocycles. The molecule has 0 aliphatic heterocycles. The summed E-state index contributed by atoms with van der Waals surface area (Å²) in [6.45, 7) is 4.10. The fraction of sp³-hybridized carbons (Fsp3) is 0.385. The first-order chi connectivity index (χ1) is 9.15. The number of rotatable bonds is 4. The van der Waals surface area contributed by atoms with Gasteiger partial charge < -0.3 is 5.32 Å². The van der Waals surface area contributed by atoms with E-state index in [2.05, 4.69) is 54.8 Å². The Kier molecular flexibility index (Phi) is 4.62. The van der Waals surface area contributed by atoms with Gasteiger partial charge >= 0.3 is 0 Å². The van der Waals surface area contributed by atoms with E-state index in [0.29, 0.717) is 11.6 Å². The maximum Gasteiger partial charge on any atom is 0.200 e. The van der Waals surface area contributed by atoms with E-state index in [-0.39, 0.29) is 0 Å². The predicted octanol–water partition coefficient (Wildman–Crippen LogP) is 2.84. The lowest BCUT2D eigenvalue weighted by Gasteiger charge is -2.10. The van der Waals surface area contributed by atoms with Crippen LogP contribution in [-0.2, 0) is 6.42 Å². The van der Waals surface area contributed by atoms with Gasteiger partial charge in [0.25, 0.3) is 0 Å². The zero-order valence-corrected chi connectivity index (χ0v) is 13.4. The van der Waals surface area contributed by atoms with Gasteiger partial charge in [0.05, 0.1) is 9.26 Å². The zero-order chi connectivity index (χ0) is 13.8. The minimum atomic E-state index is 0.566. The van der Waals surface area contributed by atoms with Crippen LogP contribution in [0.25, 0.3) is 11.6 Å². The molecule has 0 saturated carbocycles. The molecule has 19 heavy (non-hydrogen) atoms. The molecule has 0 unspecified atom stereocenters. The monoisotopic (exact) mass is 369 g/mol. The van der Waals surface area contributed by atoms with Gasteiger partial charge in [0, 0.05) is 19.4 Å².